The fraction of sp³-hybridized carbons (Fsp3) is 0.600. The number of aliphatic hydroxyl groups excluding tert-OH is 1. The molecule has 4 heteroatoms. The monoisotopic (exact) mass is 264 g/mol. The molecule has 0 spiro atoms. The first-order valence-corrected chi connectivity index (χ1v) is 7.06. The summed E-state index contributed by atoms with van der Waals surface area (Å²) in [6, 6.07) is 7.93. The van der Waals surface area contributed by atoms with Crippen molar-refractivity contribution in [3.8, 4) is 5.75 Å². The summed E-state index contributed by atoms with van der Waals surface area (Å²) in [6.45, 7) is 4.26. The molecule has 2 unspecified atom stereocenters. The third-order valence-electron chi connectivity index (χ3n) is 3.74. The zero-order chi connectivity index (χ0) is 13.7. The van der Waals surface area contributed by atoms with Crippen molar-refractivity contribution in [2.45, 2.75) is 38.3 Å². The summed E-state index contributed by atoms with van der Waals surface area (Å²) < 4.78 is 5.57. The van der Waals surface area contributed by atoms with Gasteiger partial charge in [-0.05, 0) is 38.4 Å². The lowest BCUT2D eigenvalue weighted by Gasteiger charge is -2.34. The third-order valence-corrected chi connectivity index (χ3v) is 3.74. The van der Waals surface area contributed by atoms with Crippen LogP contribution in [0.4, 0.5) is 5.69 Å². The van der Waals surface area contributed by atoms with E-state index >= 15 is 0 Å². The maximum Gasteiger partial charge on any atom is 0.142 e. The molecule has 1 aromatic carbocycles. The molecule has 1 aliphatic heterocycles. The number of nitrogens with two attached hydrogens (primary N) is 1. The molecule has 0 radical (unpaired) electrons. The highest BCUT2D eigenvalue weighted by Gasteiger charge is 2.21. The van der Waals surface area contributed by atoms with E-state index in [9.17, 15) is 5.11 Å². The number of rotatable bonds is 5. The Morgan fingerprint density at radius 3 is 2.95 bits per heavy atom. The quantitative estimate of drug-likeness (QED) is 0.797. The second-order valence-electron chi connectivity index (χ2n) is 5.34. The fourth-order valence-corrected chi connectivity index (χ4v) is 2.55. The van der Waals surface area contributed by atoms with Crippen molar-refractivity contribution in [2.24, 2.45) is 0 Å². The Morgan fingerprint density at radius 1 is 1.42 bits per heavy atom. The van der Waals surface area contributed by atoms with E-state index in [4.69, 9.17) is 10.5 Å². The Morgan fingerprint density at radius 2 is 2.21 bits per heavy atom. The largest absolute Gasteiger partial charge is 0.489 e. The maximum absolute atomic E-state index is 10.1. The Kier molecular flexibility index (Phi) is 5.05. The van der Waals surface area contributed by atoms with Crippen molar-refractivity contribution < 1.29 is 9.84 Å². The molecule has 1 fully saturated rings. The molecule has 0 bridgehead atoms. The van der Waals surface area contributed by atoms with Gasteiger partial charge in [-0.1, -0.05) is 18.6 Å². The van der Waals surface area contributed by atoms with Crippen LogP contribution in [0.15, 0.2) is 24.3 Å². The first-order chi connectivity index (χ1) is 9.16. The van der Waals surface area contributed by atoms with Gasteiger partial charge in [0.15, 0.2) is 0 Å². The number of hydrogen-bond acceptors (Lipinski definition) is 4. The minimum atomic E-state index is -0.472. The van der Waals surface area contributed by atoms with Crippen molar-refractivity contribution in [1.82, 2.24) is 4.90 Å². The molecular weight excluding hydrogens is 240 g/mol. The smallest absolute Gasteiger partial charge is 0.142 e. The van der Waals surface area contributed by atoms with E-state index < -0.39 is 6.10 Å². The van der Waals surface area contributed by atoms with Crippen LogP contribution in [-0.4, -0.2) is 41.8 Å². The van der Waals surface area contributed by atoms with Crippen molar-refractivity contribution in [1.29, 1.82) is 0 Å². The summed E-state index contributed by atoms with van der Waals surface area (Å²) in [6.07, 6.45) is 3.27. The summed E-state index contributed by atoms with van der Waals surface area (Å²) in [5, 5.41) is 10.1. The zero-order valence-electron chi connectivity index (χ0n) is 11.6. The summed E-state index contributed by atoms with van der Waals surface area (Å²) in [5.41, 5.74) is 6.41. The van der Waals surface area contributed by atoms with Gasteiger partial charge in [-0.3, -0.25) is 4.90 Å². The van der Waals surface area contributed by atoms with E-state index in [0.717, 1.165) is 6.54 Å². The van der Waals surface area contributed by atoms with Crippen LogP contribution in [0.25, 0.3) is 0 Å². The van der Waals surface area contributed by atoms with Gasteiger partial charge < -0.3 is 15.6 Å². The number of nitrogens with zero attached hydrogens (tertiary/aromatic N) is 1. The van der Waals surface area contributed by atoms with Crippen molar-refractivity contribution in [3.63, 3.8) is 0 Å². The number of benzene rings is 1. The molecule has 2 rings (SSSR count). The van der Waals surface area contributed by atoms with Crippen molar-refractivity contribution in [3.05, 3.63) is 24.3 Å². The fourth-order valence-electron chi connectivity index (χ4n) is 2.55. The van der Waals surface area contributed by atoms with Crippen LogP contribution in [0.5, 0.6) is 5.75 Å². The molecule has 0 saturated carbocycles. The van der Waals surface area contributed by atoms with Crippen LogP contribution in [0.1, 0.15) is 26.2 Å². The van der Waals surface area contributed by atoms with Crippen LogP contribution in [0.2, 0.25) is 0 Å². The highest BCUT2D eigenvalue weighted by atomic mass is 16.5. The average molecular weight is 264 g/mol. The number of aliphatic hydroxyl groups is 1. The standard InChI is InChI=1S/C15H24N2O2/c1-12-6-4-5-9-17(12)10-13(18)11-19-15-8-3-2-7-14(15)16/h2-3,7-8,12-13,18H,4-6,9-11,16H2,1H3. The minimum absolute atomic E-state index is 0.289. The second kappa shape index (κ2) is 6.78. The van der Waals surface area contributed by atoms with Gasteiger partial charge in [-0.15, -0.1) is 0 Å². The maximum atomic E-state index is 10.1. The van der Waals surface area contributed by atoms with Gasteiger partial charge in [0.2, 0.25) is 0 Å². The SMILES string of the molecule is CC1CCCCN1CC(O)COc1ccccc1N. The normalized spacial score (nSPS) is 22.1. The van der Waals surface area contributed by atoms with Gasteiger partial charge >= 0.3 is 0 Å². The minimum Gasteiger partial charge on any atom is -0.489 e. The molecule has 0 aromatic heterocycles. The van der Waals surface area contributed by atoms with E-state index in [-0.39, 0.29) is 6.61 Å². The van der Waals surface area contributed by atoms with Gasteiger partial charge in [0, 0.05) is 12.6 Å². The molecule has 106 valence electrons. The number of nitrogen functional groups attached to an aromatic ring is 1. The third kappa shape index (κ3) is 4.11. The van der Waals surface area contributed by atoms with Gasteiger partial charge in [-0.25, -0.2) is 0 Å². The lowest BCUT2D eigenvalue weighted by Crippen LogP contribution is -2.43. The Balaban J connectivity index is 1.78. The molecule has 1 aromatic rings. The lowest BCUT2D eigenvalue weighted by molar-refractivity contribution is 0.0440. The van der Waals surface area contributed by atoms with Crippen LogP contribution < -0.4 is 10.5 Å². The number of anilines is 1. The molecule has 0 aliphatic carbocycles. The van der Waals surface area contributed by atoms with Gasteiger partial charge in [0.25, 0.3) is 0 Å². The number of likely N-dealkylation sites (tertiary alicyclic amines) is 1. The zero-order valence-corrected chi connectivity index (χ0v) is 11.6. The molecule has 1 heterocycles. The Labute approximate surface area is 115 Å². The van der Waals surface area contributed by atoms with Gasteiger partial charge in [0.1, 0.15) is 18.5 Å². The predicted octanol–water partition coefficient (Wildman–Crippen LogP) is 1.88. The number of para-hydroxylation sites is 2. The summed E-state index contributed by atoms with van der Waals surface area (Å²) in [5.74, 6) is 0.647. The molecular formula is C15H24N2O2. The van der Waals surface area contributed by atoms with Crippen LogP contribution >= 0.6 is 0 Å². The Hall–Kier alpha value is -1.26. The highest BCUT2D eigenvalue weighted by molar-refractivity contribution is 5.51. The van der Waals surface area contributed by atoms with E-state index in [2.05, 4.69) is 11.8 Å². The first kappa shape index (κ1) is 14.2. The molecule has 1 aliphatic rings. The molecule has 4 nitrogen and oxygen atoms in total. The van der Waals surface area contributed by atoms with Crippen LogP contribution in [-0.2, 0) is 0 Å². The first-order valence-electron chi connectivity index (χ1n) is 7.06. The van der Waals surface area contributed by atoms with Crippen molar-refractivity contribution >= 4 is 5.69 Å². The highest BCUT2D eigenvalue weighted by Crippen LogP contribution is 2.20. The molecule has 2 atom stereocenters. The number of β-amino-alcohol motifs (C(OH)–C–C–N with tert-alkyl or cyclic N) is 1. The van der Waals surface area contributed by atoms with E-state index in [1.54, 1.807) is 6.07 Å². The number of hydrogen-bond donors (Lipinski definition) is 2. The van der Waals surface area contributed by atoms with E-state index in [0.29, 0.717) is 24.0 Å². The van der Waals surface area contributed by atoms with Crippen LogP contribution in [0, 0.1) is 0 Å². The molecule has 19 heavy (non-hydrogen) atoms. The topological polar surface area (TPSA) is 58.7 Å². The van der Waals surface area contributed by atoms with Gasteiger partial charge in [0.05, 0.1) is 5.69 Å². The lowest BCUT2D eigenvalue weighted by atomic mass is 10.0. The summed E-state index contributed by atoms with van der Waals surface area (Å²) >= 11 is 0. The second-order valence-corrected chi connectivity index (χ2v) is 5.34. The van der Waals surface area contributed by atoms with Gasteiger partial charge in [-0.2, -0.15) is 0 Å². The average Bonchev–Trinajstić information content (AvgIpc) is 2.40. The summed E-state index contributed by atoms with van der Waals surface area (Å²) in [4.78, 5) is 2.34. The summed E-state index contributed by atoms with van der Waals surface area (Å²) in [7, 11) is 0. The molecule has 3 N–H and O–H groups in total. The molecule has 0 amide bonds. The number of piperidine rings is 1. The van der Waals surface area contributed by atoms with Crippen molar-refractivity contribution in [2.75, 3.05) is 25.4 Å². The Bertz CT molecular complexity index is 397. The molecule has 1 saturated heterocycles. The number of ether oxygens (including phenoxy) is 1. The van der Waals surface area contributed by atoms with E-state index in [1.165, 1.54) is 19.3 Å². The van der Waals surface area contributed by atoms with Crippen LogP contribution in [0.3, 0.4) is 0 Å². The predicted molar refractivity (Wildman–Crippen MR) is 77.2 cm³/mol. The van der Waals surface area contributed by atoms with E-state index in [1.807, 2.05) is 18.2 Å².